The van der Waals surface area contributed by atoms with Gasteiger partial charge in [-0.2, -0.15) is 5.10 Å². The molecule has 1 aliphatic heterocycles. The topological polar surface area (TPSA) is 65.4 Å². The molecule has 0 unspecified atom stereocenters. The van der Waals surface area contributed by atoms with Crippen molar-refractivity contribution in [3.8, 4) is 27.8 Å². The molecule has 3 heterocycles. The lowest BCUT2D eigenvalue weighted by molar-refractivity contribution is 0.102. The van der Waals surface area contributed by atoms with Crippen LogP contribution in [0, 0.1) is 0 Å². The van der Waals surface area contributed by atoms with Crippen LogP contribution < -0.4 is 14.8 Å². The molecule has 0 fully saturated rings. The maximum Gasteiger partial charge on any atom is 0.259 e. The van der Waals surface area contributed by atoms with Crippen LogP contribution in [0.5, 0.6) is 11.5 Å². The number of anilines is 1. The second-order valence-electron chi connectivity index (χ2n) is 7.34. The van der Waals surface area contributed by atoms with Crippen molar-refractivity contribution in [3.05, 3.63) is 90.6 Å². The molecular weight excluding hydrogens is 422 g/mol. The van der Waals surface area contributed by atoms with Crippen molar-refractivity contribution in [2.45, 2.75) is 0 Å². The Morgan fingerprint density at radius 3 is 2.62 bits per heavy atom. The van der Waals surface area contributed by atoms with E-state index in [9.17, 15) is 4.79 Å². The number of aromatic nitrogens is 2. The molecule has 1 N–H and O–H groups in total. The van der Waals surface area contributed by atoms with Crippen molar-refractivity contribution in [3.63, 3.8) is 0 Å². The molecular formula is C25H17N3O3S. The molecule has 7 heteroatoms. The van der Waals surface area contributed by atoms with E-state index < -0.39 is 0 Å². The fourth-order valence-electron chi connectivity index (χ4n) is 3.71. The minimum atomic E-state index is -0.237. The molecule has 1 amide bonds. The van der Waals surface area contributed by atoms with Gasteiger partial charge in [0.25, 0.3) is 5.91 Å². The quantitative estimate of drug-likeness (QED) is 0.388. The molecule has 32 heavy (non-hydrogen) atoms. The van der Waals surface area contributed by atoms with Crippen molar-refractivity contribution < 1.29 is 14.3 Å². The molecule has 6 rings (SSSR count). The van der Waals surface area contributed by atoms with Crippen LogP contribution in [0.15, 0.2) is 85.1 Å². The second-order valence-corrected chi connectivity index (χ2v) is 8.43. The standard InChI is InChI=1S/C25H17N3O3S/c29-25(26-17-10-11-20-21(13-17)31-15-30-20)19-14-28(18-7-2-1-3-8-18)27-24(19)23-12-16-6-4-5-9-22(16)32-23/h1-14H,15H2,(H,26,29). The lowest BCUT2D eigenvalue weighted by atomic mass is 10.1. The van der Waals surface area contributed by atoms with Crippen LogP contribution in [-0.2, 0) is 0 Å². The fourth-order valence-corrected chi connectivity index (χ4v) is 4.77. The molecule has 5 aromatic rings. The number of para-hydroxylation sites is 1. The molecule has 6 nitrogen and oxygen atoms in total. The Bertz CT molecular complexity index is 1420. The highest BCUT2D eigenvalue weighted by Crippen LogP contribution is 2.36. The highest BCUT2D eigenvalue weighted by atomic mass is 32.1. The molecule has 156 valence electrons. The summed E-state index contributed by atoms with van der Waals surface area (Å²) in [6.45, 7) is 0.187. The predicted molar refractivity (Wildman–Crippen MR) is 125 cm³/mol. The normalized spacial score (nSPS) is 12.2. The summed E-state index contributed by atoms with van der Waals surface area (Å²) in [6, 6.07) is 25.4. The first-order valence-electron chi connectivity index (χ1n) is 10.1. The zero-order valence-corrected chi connectivity index (χ0v) is 17.6. The molecule has 0 saturated carbocycles. The second kappa shape index (κ2) is 7.55. The van der Waals surface area contributed by atoms with Crippen molar-refractivity contribution >= 4 is 33.0 Å². The summed E-state index contributed by atoms with van der Waals surface area (Å²) < 4.78 is 13.7. The van der Waals surface area contributed by atoms with E-state index in [0.29, 0.717) is 28.4 Å². The van der Waals surface area contributed by atoms with E-state index in [1.54, 1.807) is 40.4 Å². The summed E-state index contributed by atoms with van der Waals surface area (Å²) in [7, 11) is 0. The number of thiophene rings is 1. The van der Waals surface area contributed by atoms with Crippen LogP contribution in [0.4, 0.5) is 5.69 Å². The van der Waals surface area contributed by atoms with E-state index in [0.717, 1.165) is 20.7 Å². The Morgan fingerprint density at radius 1 is 0.938 bits per heavy atom. The summed E-state index contributed by atoms with van der Waals surface area (Å²) in [5.41, 5.74) is 2.66. The molecule has 0 radical (unpaired) electrons. The van der Waals surface area contributed by atoms with Crippen LogP contribution in [0.3, 0.4) is 0 Å². The number of benzene rings is 3. The Kier molecular flexibility index (Phi) is 4.40. The predicted octanol–water partition coefficient (Wildman–Crippen LogP) is 5.74. The number of hydrogen-bond donors (Lipinski definition) is 1. The zero-order valence-electron chi connectivity index (χ0n) is 16.8. The van der Waals surface area contributed by atoms with Crippen molar-refractivity contribution in [1.29, 1.82) is 0 Å². The van der Waals surface area contributed by atoms with E-state index in [1.165, 1.54) is 0 Å². The third kappa shape index (κ3) is 3.29. The molecule has 0 aliphatic carbocycles. The molecule has 1 aliphatic rings. The van der Waals surface area contributed by atoms with Gasteiger partial charge in [-0.05, 0) is 41.8 Å². The SMILES string of the molecule is O=C(Nc1ccc2c(c1)OCO2)c1cn(-c2ccccc2)nc1-c1cc2ccccc2s1. The third-order valence-corrected chi connectivity index (χ3v) is 6.39. The van der Waals surface area contributed by atoms with E-state index >= 15 is 0 Å². The van der Waals surface area contributed by atoms with Crippen LogP contribution in [0.2, 0.25) is 0 Å². The van der Waals surface area contributed by atoms with Crippen molar-refractivity contribution in [1.82, 2.24) is 9.78 Å². The van der Waals surface area contributed by atoms with Crippen molar-refractivity contribution in [2.75, 3.05) is 12.1 Å². The van der Waals surface area contributed by atoms with Gasteiger partial charge in [0, 0.05) is 22.7 Å². The smallest absolute Gasteiger partial charge is 0.259 e. The summed E-state index contributed by atoms with van der Waals surface area (Å²) in [5.74, 6) is 1.05. The van der Waals surface area contributed by atoms with Crippen LogP contribution in [0.1, 0.15) is 10.4 Å². The number of rotatable bonds is 4. The van der Waals surface area contributed by atoms with Gasteiger partial charge in [-0.3, -0.25) is 4.79 Å². The lowest BCUT2D eigenvalue weighted by Gasteiger charge is -2.06. The van der Waals surface area contributed by atoms with Gasteiger partial charge in [0.15, 0.2) is 11.5 Å². The first-order chi connectivity index (χ1) is 15.7. The zero-order chi connectivity index (χ0) is 21.5. The summed E-state index contributed by atoms with van der Waals surface area (Å²) in [5, 5.41) is 8.89. The minimum Gasteiger partial charge on any atom is -0.454 e. The number of carbonyl (C=O) groups excluding carboxylic acids is 1. The van der Waals surface area contributed by atoms with Gasteiger partial charge < -0.3 is 14.8 Å². The van der Waals surface area contributed by atoms with E-state index in [4.69, 9.17) is 14.6 Å². The average molecular weight is 439 g/mol. The third-order valence-electron chi connectivity index (χ3n) is 5.27. The van der Waals surface area contributed by atoms with Crippen LogP contribution in [0.25, 0.3) is 26.3 Å². The molecule has 0 saturated heterocycles. The number of ether oxygens (including phenoxy) is 2. The van der Waals surface area contributed by atoms with Crippen molar-refractivity contribution in [2.24, 2.45) is 0 Å². The Morgan fingerprint density at radius 2 is 1.75 bits per heavy atom. The first kappa shape index (κ1) is 18.7. The van der Waals surface area contributed by atoms with Gasteiger partial charge in [-0.25, -0.2) is 4.68 Å². The Balaban J connectivity index is 1.42. The molecule has 3 aromatic carbocycles. The molecule has 0 atom stereocenters. The maximum atomic E-state index is 13.3. The minimum absolute atomic E-state index is 0.187. The van der Waals surface area contributed by atoms with E-state index in [2.05, 4.69) is 23.5 Å². The molecule has 0 bridgehead atoms. The summed E-state index contributed by atoms with van der Waals surface area (Å²) in [6.07, 6.45) is 1.78. The maximum absolute atomic E-state index is 13.3. The molecule has 2 aromatic heterocycles. The number of hydrogen-bond acceptors (Lipinski definition) is 5. The number of carbonyl (C=O) groups is 1. The van der Waals surface area contributed by atoms with E-state index in [-0.39, 0.29) is 12.7 Å². The van der Waals surface area contributed by atoms with E-state index in [1.807, 2.05) is 42.5 Å². The van der Waals surface area contributed by atoms with Gasteiger partial charge in [0.05, 0.1) is 16.1 Å². The summed E-state index contributed by atoms with van der Waals surface area (Å²) >= 11 is 1.62. The first-order valence-corrected chi connectivity index (χ1v) is 10.9. The van der Waals surface area contributed by atoms with Gasteiger partial charge >= 0.3 is 0 Å². The number of nitrogens with one attached hydrogen (secondary N) is 1. The largest absolute Gasteiger partial charge is 0.454 e. The lowest BCUT2D eigenvalue weighted by Crippen LogP contribution is -2.12. The monoisotopic (exact) mass is 439 g/mol. The summed E-state index contributed by atoms with van der Waals surface area (Å²) in [4.78, 5) is 14.3. The Labute approximate surface area is 187 Å². The molecule has 0 spiro atoms. The Hall–Kier alpha value is -4.10. The highest BCUT2D eigenvalue weighted by Gasteiger charge is 2.21. The van der Waals surface area contributed by atoms with Gasteiger partial charge in [0.1, 0.15) is 5.69 Å². The van der Waals surface area contributed by atoms with Gasteiger partial charge in [0.2, 0.25) is 6.79 Å². The number of amides is 1. The van der Waals surface area contributed by atoms with Gasteiger partial charge in [-0.15, -0.1) is 11.3 Å². The van der Waals surface area contributed by atoms with Gasteiger partial charge in [-0.1, -0.05) is 36.4 Å². The fraction of sp³-hybridized carbons (Fsp3) is 0.0400. The number of nitrogens with zero attached hydrogens (tertiary/aromatic N) is 2. The van der Waals surface area contributed by atoms with Crippen LogP contribution in [-0.4, -0.2) is 22.5 Å². The highest BCUT2D eigenvalue weighted by molar-refractivity contribution is 7.22. The average Bonchev–Trinajstić information content (AvgIpc) is 3.56. The van der Waals surface area contributed by atoms with Crippen LogP contribution >= 0.6 is 11.3 Å². The number of fused-ring (bicyclic) bond motifs is 2.